The van der Waals surface area contributed by atoms with Crippen molar-refractivity contribution in [1.29, 1.82) is 0 Å². The van der Waals surface area contributed by atoms with Gasteiger partial charge in [-0.05, 0) is 123 Å². The Morgan fingerprint density at radius 2 is 1.38 bits per heavy atom. The second-order valence-electron chi connectivity index (χ2n) is 19.2. The number of sulfone groups is 1. The van der Waals surface area contributed by atoms with E-state index in [0.717, 1.165) is 38.9 Å². The van der Waals surface area contributed by atoms with Gasteiger partial charge in [0.2, 0.25) is 21.7 Å². The molecule has 78 heavy (non-hydrogen) atoms. The van der Waals surface area contributed by atoms with Crippen LogP contribution in [-0.4, -0.2) is 123 Å². The average molecular weight is 1090 g/mol. The van der Waals surface area contributed by atoms with E-state index in [2.05, 4.69) is 45.1 Å². The number of urea groups is 1. The van der Waals surface area contributed by atoms with Crippen LogP contribution in [0, 0.1) is 5.92 Å². The number of nitrogens with zero attached hydrogens (tertiary/aromatic N) is 3. The average Bonchev–Trinajstić information content (AvgIpc) is 3.75. The van der Waals surface area contributed by atoms with Crippen LogP contribution in [0.15, 0.2) is 137 Å². The quantitative estimate of drug-likeness (QED) is 0.0327. The van der Waals surface area contributed by atoms with E-state index in [0.29, 0.717) is 35.7 Å². The summed E-state index contributed by atoms with van der Waals surface area (Å²) < 4.78 is 34.4. The van der Waals surface area contributed by atoms with E-state index in [1.807, 2.05) is 36.4 Å². The molecule has 1 fully saturated rings. The number of anilines is 2. The highest BCUT2D eigenvalue weighted by molar-refractivity contribution is 7.91. The molecule has 0 radical (unpaired) electrons. The number of aliphatic carboxylic acids is 2. The summed E-state index contributed by atoms with van der Waals surface area (Å²) in [5.74, 6) is -5.37. The number of rotatable bonds is 25. The van der Waals surface area contributed by atoms with E-state index in [1.54, 1.807) is 47.4 Å². The highest BCUT2D eigenvalue weighted by atomic mass is 32.2. The first-order valence-electron chi connectivity index (χ1n) is 25.7. The maximum atomic E-state index is 14.6. The number of benzene rings is 5. The van der Waals surface area contributed by atoms with Gasteiger partial charge in [0.15, 0.2) is 0 Å². The molecule has 1 saturated heterocycles. The number of carboxylic acid groups (broad SMARTS) is 2. The molecule has 410 valence electrons. The molecule has 21 heteroatoms. The number of carbonyl (C=O) groups excluding carboxylic acids is 6. The fourth-order valence-corrected chi connectivity index (χ4v) is 11.1. The molecule has 0 bridgehead atoms. The monoisotopic (exact) mass is 1090 g/mol. The van der Waals surface area contributed by atoms with Crippen molar-refractivity contribution < 1.29 is 61.7 Å². The predicted molar refractivity (Wildman–Crippen MR) is 287 cm³/mol. The third-order valence-electron chi connectivity index (χ3n) is 13.6. The Morgan fingerprint density at radius 3 is 2.06 bits per heavy atom. The molecule has 7 N–H and O–H groups in total. The van der Waals surface area contributed by atoms with Gasteiger partial charge in [0.05, 0.1) is 40.6 Å². The standard InChI is InChI=1S/C57H63N7O13S/c58-50(65)24-21-46(61-57(74)60-45(55(71)72)22-25-52(67)68)56(73)77-33-28-59-51(66)35-39-16-18-41(19-17-39)37-64-47-23-20-42(36-49(47)78(75,76)48-15-8-7-14-44(48)54(64)70)53(69)63(43-12-5-2-6-13-43)30-9-29-62-31-26-40(27-32-62)34-38-10-3-1-4-11-38/h1-8,10-20,23,36,40,45-46H,9,21-22,24-35,37H2,(H2,58,65)(H,59,66)(H,67,68)(H,71,72)(H2,60,61,74)/t45?,46-/m0/s1. The SMILES string of the molecule is NC(=O)CC[C@H](NC(=O)NC(CCC(=O)O)C(=O)O)C(=O)OCCNC(=O)Cc1ccc(CN2C(=O)c3ccccc3S(=O)(=O)c3cc(C(=O)N(CCCN4CCC(Cc5ccccc5)CC4)c4ccccc4)ccc32)cc1. The maximum Gasteiger partial charge on any atom is 0.328 e. The summed E-state index contributed by atoms with van der Waals surface area (Å²) in [5.41, 5.74) is 8.61. The highest BCUT2D eigenvalue weighted by Gasteiger charge is 2.37. The molecule has 0 spiro atoms. The molecule has 0 aliphatic carbocycles. The van der Waals surface area contributed by atoms with Crippen LogP contribution in [0.2, 0.25) is 0 Å². The van der Waals surface area contributed by atoms with Gasteiger partial charge in [-0.1, -0.05) is 84.9 Å². The number of nitrogens with one attached hydrogen (secondary N) is 3. The summed E-state index contributed by atoms with van der Waals surface area (Å²) in [7, 11) is -4.34. The number of likely N-dealkylation sites (tertiary alicyclic amines) is 1. The van der Waals surface area contributed by atoms with Crippen molar-refractivity contribution in [3.63, 3.8) is 0 Å². The van der Waals surface area contributed by atoms with Crippen LogP contribution in [0.4, 0.5) is 16.2 Å². The zero-order valence-electron chi connectivity index (χ0n) is 42.9. The summed E-state index contributed by atoms with van der Waals surface area (Å²) in [4.78, 5) is 106. The molecule has 2 atom stereocenters. The number of piperidine rings is 1. The lowest BCUT2D eigenvalue weighted by molar-refractivity contribution is -0.146. The summed E-state index contributed by atoms with van der Waals surface area (Å²) in [5, 5.41) is 25.1. The fraction of sp³-hybridized carbons (Fsp3) is 0.333. The first-order chi connectivity index (χ1) is 37.5. The Labute approximate surface area is 451 Å². The minimum atomic E-state index is -4.34. The van der Waals surface area contributed by atoms with Crippen molar-refractivity contribution >= 4 is 68.8 Å². The van der Waals surface area contributed by atoms with Crippen molar-refractivity contribution in [2.24, 2.45) is 11.7 Å². The number of nitrogens with two attached hydrogens (primary N) is 1. The number of hydrogen-bond acceptors (Lipinski definition) is 12. The fourth-order valence-electron chi connectivity index (χ4n) is 9.47. The number of ether oxygens (including phenoxy) is 1. The number of esters is 1. The number of carboxylic acids is 2. The van der Waals surface area contributed by atoms with Crippen molar-refractivity contribution in [3.05, 3.63) is 155 Å². The summed E-state index contributed by atoms with van der Waals surface area (Å²) in [6.07, 6.45) is 2.21. The number of carbonyl (C=O) groups is 8. The van der Waals surface area contributed by atoms with Crippen LogP contribution in [0.3, 0.4) is 0 Å². The molecule has 6 amide bonds. The highest BCUT2D eigenvalue weighted by Crippen LogP contribution is 2.39. The third-order valence-corrected chi connectivity index (χ3v) is 15.4. The van der Waals surface area contributed by atoms with Crippen LogP contribution in [0.5, 0.6) is 0 Å². The van der Waals surface area contributed by atoms with Crippen LogP contribution in [0.25, 0.3) is 0 Å². The number of fused-ring (bicyclic) bond motifs is 2. The summed E-state index contributed by atoms with van der Waals surface area (Å²) in [6.45, 7) is 2.56. The molecular weight excluding hydrogens is 1020 g/mol. The Balaban J connectivity index is 0.976. The van der Waals surface area contributed by atoms with Gasteiger partial charge in [0.25, 0.3) is 11.8 Å². The number of hydrogen-bond donors (Lipinski definition) is 6. The first kappa shape index (κ1) is 57.3. The molecule has 0 aromatic heterocycles. The molecule has 2 heterocycles. The minimum absolute atomic E-state index is 0.0302. The summed E-state index contributed by atoms with van der Waals surface area (Å²) in [6, 6.07) is 32.8. The Bertz CT molecular complexity index is 3080. The number of amides is 6. The van der Waals surface area contributed by atoms with Crippen molar-refractivity contribution in [1.82, 2.24) is 20.9 Å². The lowest BCUT2D eigenvalue weighted by atomic mass is 9.90. The van der Waals surface area contributed by atoms with Crippen molar-refractivity contribution in [2.75, 3.05) is 49.1 Å². The third kappa shape index (κ3) is 15.6. The molecule has 5 aromatic carbocycles. The smallest absolute Gasteiger partial charge is 0.328 e. The van der Waals surface area contributed by atoms with Gasteiger partial charge in [0.1, 0.15) is 18.7 Å². The Hall–Kier alpha value is -8.43. The molecule has 5 aromatic rings. The molecule has 1 unspecified atom stereocenters. The van der Waals surface area contributed by atoms with E-state index in [9.17, 15) is 51.9 Å². The Kier molecular flexibility index (Phi) is 19.9. The van der Waals surface area contributed by atoms with Crippen LogP contribution in [-0.2, 0) is 57.9 Å². The van der Waals surface area contributed by atoms with Crippen LogP contribution < -0.4 is 31.5 Å². The van der Waals surface area contributed by atoms with Gasteiger partial charge in [0, 0.05) is 30.6 Å². The topological polar surface area (TPSA) is 292 Å². The zero-order chi connectivity index (χ0) is 55.8. The van der Waals surface area contributed by atoms with E-state index >= 15 is 0 Å². The summed E-state index contributed by atoms with van der Waals surface area (Å²) >= 11 is 0. The zero-order valence-corrected chi connectivity index (χ0v) is 43.7. The second-order valence-corrected chi connectivity index (χ2v) is 21.1. The van der Waals surface area contributed by atoms with Crippen molar-refractivity contribution in [2.45, 2.75) is 86.2 Å². The van der Waals surface area contributed by atoms with Gasteiger partial charge in [-0.2, -0.15) is 0 Å². The van der Waals surface area contributed by atoms with E-state index in [1.165, 1.54) is 34.7 Å². The van der Waals surface area contributed by atoms with Crippen molar-refractivity contribution in [3.8, 4) is 0 Å². The minimum Gasteiger partial charge on any atom is -0.481 e. The van der Waals surface area contributed by atoms with Gasteiger partial charge < -0.3 is 51.3 Å². The number of para-hydroxylation sites is 1. The van der Waals surface area contributed by atoms with Gasteiger partial charge in [-0.25, -0.2) is 22.8 Å². The lowest BCUT2D eigenvalue weighted by Gasteiger charge is -2.32. The van der Waals surface area contributed by atoms with Gasteiger partial charge in [-0.3, -0.25) is 24.0 Å². The lowest BCUT2D eigenvalue weighted by Crippen LogP contribution is -2.51. The van der Waals surface area contributed by atoms with Gasteiger partial charge in [-0.15, -0.1) is 0 Å². The molecular formula is C57H63N7O13S. The number of primary amides is 1. The van der Waals surface area contributed by atoms with E-state index in [-0.39, 0.29) is 71.5 Å². The molecule has 7 rings (SSSR count). The van der Waals surface area contributed by atoms with E-state index in [4.69, 9.17) is 15.6 Å². The molecule has 2 aliphatic rings. The molecule has 20 nitrogen and oxygen atoms in total. The second kappa shape index (κ2) is 27.1. The largest absolute Gasteiger partial charge is 0.481 e. The molecule has 2 aliphatic heterocycles. The maximum absolute atomic E-state index is 14.6. The van der Waals surface area contributed by atoms with Gasteiger partial charge >= 0.3 is 23.9 Å². The van der Waals surface area contributed by atoms with Crippen LogP contribution in [0.1, 0.15) is 82.4 Å². The van der Waals surface area contributed by atoms with E-state index < -0.39 is 76.4 Å². The van der Waals surface area contributed by atoms with Crippen LogP contribution >= 0.6 is 0 Å². The Morgan fingerprint density at radius 1 is 0.744 bits per heavy atom. The first-order valence-corrected chi connectivity index (χ1v) is 27.2. The normalized spacial score (nSPS) is 14.8. The molecule has 0 saturated carbocycles. The predicted octanol–water partition coefficient (Wildman–Crippen LogP) is 5.12.